The van der Waals surface area contributed by atoms with Crippen molar-refractivity contribution in [3.05, 3.63) is 88.2 Å². The summed E-state index contributed by atoms with van der Waals surface area (Å²) in [4.78, 5) is 4.78. The average Bonchev–Trinajstić information content (AvgIpc) is 2.68. The summed E-state index contributed by atoms with van der Waals surface area (Å²) in [5, 5.41) is 2.91. The molecule has 27 heavy (non-hydrogen) atoms. The van der Waals surface area contributed by atoms with Crippen molar-refractivity contribution in [2.45, 2.75) is 0 Å². The van der Waals surface area contributed by atoms with Crippen LogP contribution in [0.2, 0.25) is 10.0 Å². The molecule has 0 atom stereocenters. The summed E-state index contributed by atoms with van der Waals surface area (Å²) in [6, 6.07) is 22.7. The first-order chi connectivity index (χ1) is 13.1. The second kappa shape index (κ2) is 7.47. The molecule has 4 rings (SSSR count). The maximum Gasteiger partial charge on any atom is 0.137 e. The lowest BCUT2D eigenvalue weighted by Gasteiger charge is -2.06. The van der Waals surface area contributed by atoms with Gasteiger partial charge < -0.3 is 9.15 Å². The number of halogens is 2. The second-order valence-corrected chi connectivity index (χ2v) is 6.77. The third-order valence-electron chi connectivity index (χ3n) is 4.16. The van der Waals surface area contributed by atoms with E-state index in [-0.39, 0.29) is 0 Å². The van der Waals surface area contributed by atoms with Gasteiger partial charge in [-0.25, -0.2) is 4.99 Å². The van der Waals surface area contributed by atoms with Gasteiger partial charge in [0.05, 0.1) is 23.2 Å². The quantitative estimate of drug-likeness (QED) is 0.389. The molecule has 0 fully saturated rings. The Morgan fingerprint density at radius 1 is 0.889 bits per heavy atom. The van der Waals surface area contributed by atoms with Crippen LogP contribution in [-0.4, -0.2) is 7.11 Å². The van der Waals surface area contributed by atoms with E-state index >= 15 is 0 Å². The number of hydrogen-bond donors (Lipinski definition) is 0. The fourth-order valence-corrected chi connectivity index (χ4v) is 3.21. The van der Waals surface area contributed by atoms with Crippen LogP contribution in [-0.2, 0) is 0 Å². The molecule has 134 valence electrons. The topological polar surface area (TPSA) is 34.7 Å². The normalized spacial score (nSPS) is 11.7. The first-order valence-electron chi connectivity index (χ1n) is 8.31. The zero-order chi connectivity index (χ0) is 18.8. The fraction of sp³-hybridized carbons (Fsp3) is 0.0455. The molecule has 3 aromatic carbocycles. The Hall–Kier alpha value is -2.75. The predicted molar refractivity (Wildman–Crippen MR) is 110 cm³/mol. The summed E-state index contributed by atoms with van der Waals surface area (Å²) in [7, 11) is 1.59. The first kappa shape index (κ1) is 17.7. The van der Waals surface area contributed by atoms with Gasteiger partial charge in [0.25, 0.3) is 0 Å². The molecule has 0 saturated heterocycles. The number of nitrogens with zero attached hydrogens (tertiary/aromatic N) is 1. The van der Waals surface area contributed by atoms with E-state index in [1.54, 1.807) is 19.2 Å². The van der Waals surface area contributed by atoms with Gasteiger partial charge in [-0.15, -0.1) is 0 Å². The summed E-state index contributed by atoms with van der Waals surface area (Å²) in [5.41, 5.74) is 2.41. The van der Waals surface area contributed by atoms with E-state index in [0.717, 1.165) is 27.6 Å². The molecule has 0 N–H and O–H groups in total. The second-order valence-electron chi connectivity index (χ2n) is 5.93. The van der Waals surface area contributed by atoms with Gasteiger partial charge in [0.2, 0.25) is 0 Å². The van der Waals surface area contributed by atoms with Crippen molar-refractivity contribution in [2.24, 2.45) is 4.99 Å². The van der Waals surface area contributed by atoms with Crippen molar-refractivity contribution in [1.82, 2.24) is 0 Å². The van der Waals surface area contributed by atoms with Crippen LogP contribution in [0, 0.1) is 0 Å². The van der Waals surface area contributed by atoms with E-state index in [2.05, 4.69) is 0 Å². The zero-order valence-electron chi connectivity index (χ0n) is 14.4. The Kier molecular flexibility index (Phi) is 4.88. The third-order valence-corrected chi connectivity index (χ3v) is 4.71. The Bertz CT molecular complexity index is 1180. The zero-order valence-corrected chi connectivity index (χ0v) is 16.0. The highest BCUT2D eigenvalue weighted by Crippen LogP contribution is 2.29. The Morgan fingerprint density at radius 2 is 1.67 bits per heavy atom. The Morgan fingerprint density at radius 3 is 2.41 bits per heavy atom. The molecule has 0 spiro atoms. The van der Waals surface area contributed by atoms with Gasteiger partial charge in [-0.3, -0.25) is 0 Å². The molecule has 4 aromatic rings. The predicted octanol–water partition coefficient (Wildman–Crippen LogP) is 6.65. The summed E-state index contributed by atoms with van der Waals surface area (Å²) in [6.45, 7) is 0. The maximum absolute atomic E-state index is 6.24. The van der Waals surface area contributed by atoms with Gasteiger partial charge in [-0.1, -0.05) is 35.3 Å². The summed E-state index contributed by atoms with van der Waals surface area (Å²) < 4.78 is 11.3. The molecule has 0 radical (unpaired) electrons. The molecular weight excluding hydrogens is 381 g/mol. The molecule has 0 saturated carbocycles. The van der Waals surface area contributed by atoms with Crippen molar-refractivity contribution >= 4 is 39.9 Å². The highest BCUT2D eigenvalue weighted by Gasteiger charge is 2.07. The summed E-state index contributed by atoms with van der Waals surface area (Å²) >= 11 is 12.2. The number of ether oxygens (including phenoxy) is 1. The molecule has 0 aliphatic rings. The van der Waals surface area contributed by atoms with Gasteiger partial charge >= 0.3 is 0 Å². The number of rotatable bonds is 3. The van der Waals surface area contributed by atoms with Crippen molar-refractivity contribution in [2.75, 3.05) is 7.11 Å². The Labute approximate surface area is 166 Å². The first-order valence-corrected chi connectivity index (χ1v) is 9.07. The van der Waals surface area contributed by atoms with E-state index in [4.69, 9.17) is 37.3 Å². The number of fused-ring (bicyclic) bond motifs is 1. The number of methoxy groups -OCH3 is 1. The van der Waals surface area contributed by atoms with Crippen LogP contribution in [0.15, 0.2) is 82.2 Å². The highest BCUT2D eigenvalue weighted by molar-refractivity contribution is 6.32. The van der Waals surface area contributed by atoms with Gasteiger partial charge in [0.1, 0.15) is 17.1 Å². The number of para-hydroxylation sites is 1. The van der Waals surface area contributed by atoms with Crippen LogP contribution in [0.3, 0.4) is 0 Å². The molecule has 0 aliphatic carbocycles. The van der Waals surface area contributed by atoms with Gasteiger partial charge in [0, 0.05) is 22.0 Å². The van der Waals surface area contributed by atoms with E-state index in [9.17, 15) is 0 Å². The minimum Gasteiger partial charge on any atom is -0.495 e. The third kappa shape index (κ3) is 3.70. The molecule has 0 amide bonds. The molecule has 1 aromatic heterocycles. The number of hydrogen-bond acceptors (Lipinski definition) is 3. The van der Waals surface area contributed by atoms with Crippen LogP contribution >= 0.6 is 23.2 Å². The lowest BCUT2D eigenvalue weighted by atomic mass is 10.1. The summed E-state index contributed by atoms with van der Waals surface area (Å²) in [5.74, 6) is 1.33. The van der Waals surface area contributed by atoms with Crippen molar-refractivity contribution < 1.29 is 9.15 Å². The molecule has 0 aliphatic heterocycles. The van der Waals surface area contributed by atoms with Gasteiger partial charge in [-0.2, -0.15) is 0 Å². The maximum atomic E-state index is 6.24. The Balaban J connectivity index is 1.93. The smallest absolute Gasteiger partial charge is 0.137 e. The number of benzene rings is 3. The van der Waals surface area contributed by atoms with Crippen molar-refractivity contribution in [3.8, 4) is 17.1 Å². The van der Waals surface area contributed by atoms with E-state index < -0.39 is 0 Å². The van der Waals surface area contributed by atoms with Crippen LogP contribution in [0.1, 0.15) is 0 Å². The van der Waals surface area contributed by atoms with Gasteiger partial charge in [0.15, 0.2) is 0 Å². The van der Waals surface area contributed by atoms with Crippen molar-refractivity contribution in [3.63, 3.8) is 0 Å². The lowest BCUT2D eigenvalue weighted by Crippen LogP contribution is -2.03. The lowest BCUT2D eigenvalue weighted by molar-refractivity contribution is 0.415. The molecule has 0 unspecified atom stereocenters. The monoisotopic (exact) mass is 395 g/mol. The SMILES string of the molecule is COc1ccc(N=c2cc(-c3ccc(Cl)cc3)oc3ccccc23)cc1Cl. The van der Waals surface area contributed by atoms with E-state index in [1.165, 1.54) is 0 Å². The standard InChI is InChI=1S/C22H15Cl2NO2/c1-26-21-11-10-16(12-18(21)24)25-19-13-22(14-6-8-15(23)9-7-14)27-20-5-3-2-4-17(19)20/h2-13H,1H3. The molecular formula is C22H15Cl2NO2. The molecule has 0 bridgehead atoms. The highest BCUT2D eigenvalue weighted by atomic mass is 35.5. The van der Waals surface area contributed by atoms with Crippen LogP contribution in [0.5, 0.6) is 5.75 Å². The van der Waals surface area contributed by atoms with Crippen LogP contribution in [0.25, 0.3) is 22.3 Å². The fourth-order valence-electron chi connectivity index (χ4n) is 2.83. The van der Waals surface area contributed by atoms with E-state index in [1.807, 2.05) is 60.7 Å². The molecule has 3 nitrogen and oxygen atoms in total. The average molecular weight is 396 g/mol. The largest absolute Gasteiger partial charge is 0.495 e. The minimum absolute atomic E-state index is 0.515. The molecule has 1 heterocycles. The van der Waals surface area contributed by atoms with Crippen LogP contribution in [0.4, 0.5) is 5.69 Å². The minimum atomic E-state index is 0.515. The summed E-state index contributed by atoms with van der Waals surface area (Å²) in [6.07, 6.45) is 0. The van der Waals surface area contributed by atoms with Crippen LogP contribution < -0.4 is 10.1 Å². The van der Waals surface area contributed by atoms with Gasteiger partial charge in [-0.05, 0) is 54.6 Å². The van der Waals surface area contributed by atoms with Crippen molar-refractivity contribution in [1.29, 1.82) is 0 Å². The molecule has 5 heteroatoms. The van der Waals surface area contributed by atoms with E-state index in [0.29, 0.717) is 21.6 Å².